The Morgan fingerprint density at radius 2 is 1.82 bits per heavy atom. The van der Waals surface area contributed by atoms with Gasteiger partial charge in [-0.25, -0.2) is 9.97 Å². The van der Waals surface area contributed by atoms with Crippen LogP contribution in [0.2, 0.25) is 0 Å². The van der Waals surface area contributed by atoms with Gasteiger partial charge in [-0.1, -0.05) is 30.0 Å². The van der Waals surface area contributed by atoms with Crippen molar-refractivity contribution in [1.29, 1.82) is 0 Å². The zero-order valence-electron chi connectivity index (χ0n) is 17.7. The van der Waals surface area contributed by atoms with Crippen molar-refractivity contribution >= 4 is 23.5 Å². The molecule has 0 bridgehead atoms. The van der Waals surface area contributed by atoms with Crippen molar-refractivity contribution in [2.75, 3.05) is 18.0 Å². The molecule has 1 fully saturated rings. The van der Waals surface area contributed by atoms with Crippen molar-refractivity contribution in [3.8, 4) is 0 Å². The molecule has 4 rings (SSSR count). The Labute approximate surface area is 193 Å². The summed E-state index contributed by atoms with van der Waals surface area (Å²) in [7, 11) is 0. The zero-order chi connectivity index (χ0) is 23.3. The topological polar surface area (TPSA) is 71.0 Å². The number of hydrogen-bond acceptors (Lipinski definition) is 6. The summed E-state index contributed by atoms with van der Waals surface area (Å²) < 4.78 is 40.0. The second kappa shape index (κ2) is 10.2. The highest BCUT2D eigenvalue weighted by Gasteiger charge is 2.34. The van der Waals surface area contributed by atoms with E-state index < -0.39 is 11.9 Å². The molecule has 0 aliphatic carbocycles. The first-order valence-corrected chi connectivity index (χ1v) is 11.5. The van der Waals surface area contributed by atoms with E-state index in [1.807, 2.05) is 11.0 Å². The van der Waals surface area contributed by atoms with Crippen LogP contribution in [0.15, 0.2) is 60.0 Å². The van der Waals surface area contributed by atoms with E-state index in [9.17, 15) is 18.0 Å². The minimum atomic E-state index is -4.53. The lowest BCUT2D eigenvalue weighted by molar-refractivity contribution is -0.141. The molecule has 3 heterocycles. The summed E-state index contributed by atoms with van der Waals surface area (Å²) in [5.74, 6) is 0.491. The van der Waals surface area contributed by atoms with Gasteiger partial charge in [-0.3, -0.25) is 9.78 Å². The minimum absolute atomic E-state index is 0.0880. The van der Waals surface area contributed by atoms with E-state index in [0.29, 0.717) is 36.8 Å². The minimum Gasteiger partial charge on any atom is -0.356 e. The Balaban J connectivity index is 1.39. The average Bonchev–Trinajstić information content (AvgIpc) is 3.37. The van der Waals surface area contributed by atoms with Crippen LogP contribution in [0.1, 0.15) is 40.0 Å². The molecule has 0 unspecified atom stereocenters. The Morgan fingerprint density at radius 1 is 1.06 bits per heavy atom. The highest BCUT2D eigenvalue weighted by molar-refractivity contribution is 7.98. The Morgan fingerprint density at radius 3 is 2.48 bits per heavy atom. The molecular weight excluding hydrogens is 451 g/mol. The summed E-state index contributed by atoms with van der Waals surface area (Å²) in [4.78, 5) is 26.3. The van der Waals surface area contributed by atoms with Gasteiger partial charge in [-0.15, -0.1) is 0 Å². The summed E-state index contributed by atoms with van der Waals surface area (Å²) in [6.45, 7) is 1.77. The number of anilines is 1. The number of halogens is 3. The van der Waals surface area contributed by atoms with E-state index in [0.717, 1.165) is 41.8 Å². The third-order valence-corrected chi connectivity index (χ3v) is 6.09. The van der Waals surface area contributed by atoms with Crippen molar-refractivity contribution in [2.24, 2.45) is 0 Å². The van der Waals surface area contributed by atoms with Crippen LogP contribution in [0, 0.1) is 0 Å². The number of carbonyl (C=O) groups is 1. The van der Waals surface area contributed by atoms with Crippen molar-refractivity contribution in [1.82, 2.24) is 20.3 Å². The highest BCUT2D eigenvalue weighted by atomic mass is 32.2. The zero-order valence-corrected chi connectivity index (χ0v) is 18.5. The fourth-order valence-corrected chi connectivity index (χ4v) is 4.23. The fraction of sp³-hybridized carbons (Fsp3) is 0.304. The van der Waals surface area contributed by atoms with E-state index >= 15 is 0 Å². The smallest absolute Gasteiger partial charge is 0.356 e. The molecule has 1 saturated heterocycles. The molecule has 0 spiro atoms. The van der Waals surface area contributed by atoms with Gasteiger partial charge in [0.15, 0.2) is 10.9 Å². The van der Waals surface area contributed by atoms with Crippen LogP contribution < -0.4 is 10.2 Å². The number of alkyl halides is 3. The molecule has 1 aromatic carbocycles. The molecule has 10 heteroatoms. The molecule has 1 amide bonds. The van der Waals surface area contributed by atoms with Crippen LogP contribution in [0.4, 0.5) is 19.0 Å². The standard InChI is InChI=1S/C23H22F3N5OS/c24-23(25,26)19-12-20(31-10-1-2-11-31)30-22(29-19)33-15-16-5-7-18(8-6-16)21(32)28-14-17-4-3-9-27-13-17/h3-9,12-13H,1-2,10-11,14-15H2,(H,28,32). The summed E-state index contributed by atoms with van der Waals surface area (Å²) in [5.41, 5.74) is 1.32. The van der Waals surface area contributed by atoms with Gasteiger partial charge in [0, 0.05) is 49.4 Å². The highest BCUT2D eigenvalue weighted by Crippen LogP contribution is 2.33. The first-order chi connectivity index (χ1) is 15.9. The number of nitrogens with zero attached hydrogens (tertiary/aromatic N) is 4. The van der Waals surface area contributed by atoms with Gasteiger partial charge >= 0.3 is 6.18 Å². The van der Waals surface area contributed by atoms with Gasteiger partial charge in [0.05, 0.1) is 0 Å². The summed E-state index contributed by atoms with van der Waals surface area (Å²) >= 11 is 1.14. The van der Waals surface area contributed by atoms with Crippen LogP contribution >= 0.6 is 11.8 Å². The number of aromatic nitrogens is 3. The Kier molecular flexibility index (Phi) is 7.12. The van der Waals surface area contributed by atoms with Gasteiger partial charge in [0.2, 0.25) is 0 Å². The molecule has 6 nitrogen and oxygen atoms in total. The molecule has 3 aromatic rings. The lowest BCUT2D eigenvalue weighted by Crippen LogP contribution is -2.22. The van der Waals surface area contributed by atoms with E-state index in [2.05, 4.69) is 20.3 Å². The molecule has 1 aliphatic heterocycles. The normalized spacial score (nSPS) is 13.8. The lowest BCUT2D eigenvalue weighted by Gasteiger charge is -2.18. The van der Waals surface area contributed by atoms with Gasteiger partial charge in [0.1, 0.15) is 5.82 Å². The third-order valence-electron chi connectivity index (χ3n) is 5.17. The summed E-state index contributed by atoms with van der Waals surface area (Å²) in [6.07, 6.45) is 0.703. The Bertz CT molecular complexity index is 1090. The summed E-state index contributed by atoms with van der Waals surface area (Å²) in [5, 5.41) is 2.92. The largest absolute Gasteiger partial charge is 0.433 e. The molecule has 0 radical (unpaired) electrons. The molecular formula is C23H22F3N5OS. The first kappa shape index (κ1) is 23.0. The van der Waals surface area contributed by atoms with Gasteiger partial charge in [-0.2, -0.15) is 13.2 Å². The van der Waals surface area contributed by atoms with Gasteiger partial charge in [0.25, 0.3) is 5.91 Å². The fourth-order valence-electron chi connectivity index (χ4n) is 3.42. The molecule has 1 N–H and O–H groups in total. The van der Waals surface area contributed by atoms with E-state index in [-0.39, 0.29) is 11.1 Å². The lowest BCUT2D eigenvalue weighted by atomic mass is 10.1. The van der Waals surface area contributed by atoms with Crippen LogP contribution in [0.3, 0.4) is 0 Å². The monoisotopic (exact) mass is 473 g/mol. The number of amides is 1. The van der Waals surface area contributed by atoms with E-state index in [1.54, 1.807) is 42.7 Å². The molecule has 172 valence electrons. The molecule has 0 atom stereocenters. The first-order valence-electron chi connectivity index (χ1n) is 10.5. The van der Waals surface area contributed by atoms with E-state index in [1.165, 1.54) is 0 Å². The molecule has 0 saturated carbocycles. The maximum absolute atomic E-state index is 13.3. The maximum atomic E-state index is 13.3. The number of benzene rings is 1. The number of rotatable bonds is 7. The molecule has 33 heavy (non-hydrogen) atoms. The average molecular weight is 474 g/mol. The number of nitrogens with one attached hydrogen (secondary N) is 1. The number of carbonyl (C=O) groups excluding carboxylic acids is 1. The van der Waals surface area contributed by atoms with Gasteiger partial charge in [-0.05, 0) is 42.2 Å². The quantitative estimate of drug-likeness (QED) is 0.396. The SMILES string of the molecule is O=C(NCc1cccnc1)c1ccc(CSc2nc(N3CCCC3)cc(C(F)(F)F)n2)cc1. The van der Waals surface area contributed by atoms with Gasteiger partial charge < -0.3 is 10.2 Å². The number of pyridine rings is 1. The second-order valence-corrected chi connectivity index (χ2v) is 8.56. The second-order valence-electron chi connectivity index (χ2n) is 7.62. The van der Waals surface area contributed by atoms with E-state index in [4.69, 9.17) is 0 Å². The van der Waals surface area contributed by atoms with Crippen LogP contribution in [-0.2, 0) is 18.5 Å². The maximum Gasteiger partial charge on any atom is 0.433 e. The van der Waals surface area contributed by atoms with Crippen LogP contribution in [0.5, 0.6) is 0 Å². The van der Waals surface area contributed by atoms with Crippen molar-refractivity contribution in [3.63, 3.8) is 0 Å². The van der Waals surface area contributed by atoms with Crippen molar-refractivity contribution in [3.05, 3.63) is 77.2 Å². The summed E-state index contributed by atoms with van der Waals surface area (Å²) in [6, 6.07) is 11.6. The van der Waals surface area contributed by atoms with Crippen LogP contribution in [-0.4, -0.2) is 33.9 Å². The van der Waals surface area contributed by atoms with Crippen molar-refractivity contribution < 1.29 is 18.0 Å². The number of thioether (sulfide) groups is 1. The Hall–Kier alpha value is -3.14. The van der Waals surface area contributed by atoms with Crippen LogP contribution in [0.25, 0.3) is 0 Å². The predicted octanol–water partition coefficient (Wildman–Crippen LogP) is 4.71. The third kappa shape index (κ3) is 6.22. The molecule has 2 aromatic heterocycles. The predicted molar refractivity (Wildman–Crippen MR) is 120 cm³/mol. The molecule has 1 aliphatic rings. The van der Waals surface area contributed by atoms with Crippen molar-refractivity contribution in [2.45, 2.75) is 36.5 Å². The number of hydrogen-bond donors (Lipinski definition) is 1.